The van der Waals surface area contributed by atoms with E-state index >= 15 is 0 Å². The molecule has 0 radical (unpaired) electrons. The molecule has 2 saturated carbocycles. The van der Waals surface area contributed by atoms with Crippen molar-refractivity contribution >= 4 is 22.8 Å². The molecule has 2 aromatic heterocycles. The molecule has 184 valence electrons. The zero-order valence-corrected chi connectivity index (χ0v) is 20.1. The van der Waals surface area contributed by atoms with Crippen LogP contribution in [0.5, 0.6) is 11.5 Å². The lowest BCUT2D eigenvalue weighted by Gasteiger charge is -2.29. The highest BCUT2D eigenvalue weighted by Crippen LogP contribution is 2.37. The maximum atomic E-state index is 13.1. The number of H-pyrrole nitrogens is 1. The largest absolute Gasteiger partial charge is 0.497 e. The van der Waals surface area contributed by atoms with Crippen LogP contribution in [0, 0.1) is 5.92 Å². The van der Waals surface area contributed by atoms with Crippen LogP contribution >= 0.6 is 0 Å². The van der Waals surface area contributed by atoms with E-state index in [1.165, 1.54) is 26.1 Å². The topological polar surface area (TPSA) is 118 Å². The van der Waals surface area contributed by atoms with Crippen LogP contribution in [0.15, 0.2) is 30.7 Å². The van der Waals surface area contributed by atoms with Crippen molar-refractivity contribution in [2.24, 2.45) is 5.92 Å². The van der Waals surface area contributed by atoms with Gasteiger partial charge in [0.15, 0.2) is 0 Å². The number of hydrogen-bond donors (Lipinski definition) is 3. The molecule has 1 aromatic carbocycles. The second-order valence-corrected chi connectivity index (χ2v) is 9.49. The number of nitrogens with zero attached hydrogens (tertiary/aromatic N) is 2. The first-order valence-electron chi connectivity index (χ1n) is 12.2. The summed E-state index contributed by atoms with van der Waals surface area (Å²) < 4.78 is 11.5. The van der Waals surface area contributed by atoms with Crippen molar-refractivity contribution in [1.29, 1.82) is 0 Å². The molecule has 3 N–H and O–H groups in total. The van der Waals surface area contributed by atoms with Gasteiger partial charge in [-0.15, -0.1) is 0 Å². The predicted octanol–water partition coefficient (Wildman–Crippen LogP) is 3.60. The van der Waals surface area contributed by atoms with Crippen molar-refractivity contribution in [3.8, 4) is 22.8 Å². The Balaban J connectivity index is 1.36. The van der Waals surface area contributed by atoms with Crippen LogP contribution in [0.4, 0.5) is 0 Å². The van der Waals surface area contributed by atoms with Gasteiger partial charge < -0.3 is 25.1 Å². The zero-order valence-electron chi connectivity index (χ0n) is 20.1. The van der Waals surface area contributed by atoms with Gasteiger partial charge in [0.25, 0.3) is 5.91 Å². The van der Waals surface area contributed by atoms with Gasteiger partial charge in [0.05, 0.1) is 24.8 Å². The van der Waals surface area contributed by atoms with Crippen LogP contribution in [0.3, 0.4) is 0 Å². The Hall–Kier alpha value is -3.62. The Morgan fingerprint density at radius 1 is 1.06 bits per heavy atom. The molecule has 0 unspecified atom stereocenters. The van der Waals surface area contributed by atoms with E-state index in [-0.39, 0.29) is 23.9 Å². The van der Waals surface area contributed by atoms with Gasteiger partial charge in [0, 0.05) is 36.8 Å². The van der Waals surface area contributed by atoms with Crippen LogP contribution in [-0.4, -0.2) is 52.6 Å². The molecule has 2 amide bonds. The molecule has 0 saturated heterocycles. The van der Waals surface area contributed by atoms with E-state index in [9.17, 15) is 9.59 Å². The van der Waals surface area contributed by atoms with Crippen LogP contribution in [0.1, 0.15) is 55.8 Å². The molecule has 9 heteroatoms. The first-order valence-corrected chi connectivity index (χ1v) is 12.2. The average molecular weight is 478 g/mol. The van der Waals surface area contributed by atoms with E-state index in [0.29, 0.717) is 46.3 Å². The molecule has 3 aromatic rings. The average Bonchev–Trinajstić information content (AvgIpc) is 3.59. The zero-order chi connectivity index (χ0) is 24.4. The van der Waals surface area contributed by atoms with E-state index in [4.69, 9.17) is 9.47 Å². The number of aromatic amines is 1. The molecule has 0 atom stereocenters. The van der Waals surface area contributed by atoms with E-state index < -0.39 is 0 Å². The minimum absolute atomic E-state index is 0.00952. The van der Waals surface area contributed by atoms with Crippen molar-refractivity contribution in [2.75, 3.05) is 13.7 Å². The van der Waals surface area contributed by atoms with Gasteiger partial charge in [-0.25, -0.2) is 9.97 Å². The Kier molecular flexibility index (Phi) is 6.57. The summed E-state index contributed by atoms with van der Waals surface area (Å²) in [7, 11) is 1.63. The van der Waals surface area contributed by atoms with Crippen molar-refractivity contribution < 1.29 is 19.1 Å². The van der Waals surface area contributed by atoms with Crippen molar-refractivity contribution in [3.05, 3.63) is 36.3 Å². The summed E-state index contributed by atoms with van der Waals surface area (Å²) >= 11 is 0. The highest BCUT2D eigenvalue weighted by atomic mass is 16.5. The number of ether oxygens (including phenoxy) is 2. The van der Waals surface area contributed by atoms with Crippen molar-refractivity contribution in [2.45, 2.75) is 57.5 Å². The molecule has 5 rings (SSSR count). The van der Waals surface area contributed by atoms with E-state index in [2.05, 4.69) is 25.6 Å². The Labute approximate surface area is 204 Å². The molecule has 2 aliphatic rings. The molecule has 0 spiro atoms. The SMILES string of the molecule is COc1ccc(-c2ncnc3c(C(=O)NC4CCC(NC(C)=O)CC4)c[nH]c23)c(OCC2CC2)c1. The van der Waals surface area contributed by atoms with Gasteiger partial charge in [0.2, 0.25) is 5.91 Å². The fourth-order valence-electron chi connectivity index (χ4n) is 4.69. The third-order valence-electron chi connectivity index (χ3n) is 6.79. The molecule has 2 aliphatic carbocycles. The second-order valence-electron chi connectivity index (χ2n) is 9.49. The minimum Gasteiger partial charge on any atom is -0.497 e. The second kappa shape index (κ2) is 9.93. The first-order chi connectivity index (χ1) is 17.0. The molecule has 2 fully saturated rings. The number of fused-ring (bicyclic) bond motifs is 1. The number of aromatic nitrogens is 3. The highest BCUT2D eigenvalue weighted by molar-refractivity contribution is 6.08. The summed E-state index contributed by atoms with van der Waals surface area (Å²) in [5.41, 5.74) is 3.25. The summed E-state index contributed by atoms with van der Waals surface area (Å²) in [6.45, 7) is 2.20. The van der Waals surface area contributed by atoms with Crippen LogP contribution in [0.25, 0.3) is 22.3 Å². The first kappa shape index (κ1) is 23.1. The van der Waals surface area contributed by atoms with Crippen molar-refractivity contribution in [1.82, 2.24) is 25.6 Å². The Bertz CT molecular complexity index is 1230. The van der Waals surface area contributed by atoms with Crippen LogP contribution < -0.4 is 20.1 Å². The summed E-state index contributed by atoms with van der Waals surface area (Å²) in [6.07, 6.45) is 8.92. The number of benzene rings is 1. The Morgan fingerprint density at radius 2 is 1.80 bits per heavy atom. The summed E-state index contributed by atoms with van der Waals surface area (Å²) in [5.74, 6) is 1.85. The quantitative estimate of drug-likeness (QED) is 0.456. The summed E-state index contributed by atoms with van der Waals surface area (Å²) in [6, 6.07) is 5.94. The van der Waals surface area contributed by atoms with Gasteiger partial charge in [-0.1, -0.05) is 0 Å². The predicted molar refractivity (Wildman–Crippen MR) is 131 cm³/mol. The standard InChI is InChI=1S/C26H31N5O4/c1-15(32)30-17-5-7-18(8-6-17)31-26(33)21-12-27-25-23(28-14-29-24(21)25)20-10-9-19(34-2)11-22(20)35-13-16-3-4-16/h9-12,14,16-18,27H,3-8,13H2,1-2H3,(H,30,32)(H,31,33). The van der Waals surface area contributed by atoms with Crippen LogP contribution in [-0.2, 0) is 4.79 Å². The smallest absolute Gasteiger partial charge is 0.255 e. The fourth-order valence-corrected chi connectivity index (χ4v) is 4.69. The van der Waals surface area contributed by atoms with Gasteiger partial charge >= 0.3 is 0 Å². The number of amides is 2. The summed E-state index contributed by atoms with van der Waals surface area (Å²) in [4.78, 5) is 36.6. The Morgan fingerprint density at radius 3 is 2.49 bits per heavy atom. The lowest BCUT2D eigenvalue weighted by atomic mass is 9.91. The number of rotatable bonds is 8. The van der Waals surface area contributed by atoms with E-state index in [1.54, 1.807) is 13.3 Å². The molecule has 2 heterocycles. The normalized spacial score (nSPS) is 19.8. The third-order valence-corrected chi connectivity index (χ3v) is 6.79. The van der Waals surface area contributed by atoms with E-state index in [1.807, 2.05) is 18.2 Å². The lowest BCUT2D eigenvalue weighted by molar-refractivity contribution is -0.119. The highest BCUT2D eigenvalue weighted by Gasteiger charge is 2.26. The maximum absolute atomic E-state index is 13.1. The molecular formula is C26H31N5O4. The fraction of sp³-hybridized carbons (Fsp3) is 0.462. The number of carbonyl (C=O) groups is 2. The van der Waals surface area contributed by atoms with E-state index in [0.717, 1.165) is 31.2 Å². The number of nitrogens with one attached hydrogen (secondary N) is 3. The van der Waals surface area contributed by atoms with Gasteiger partial charge in [0.1, 0.15) is 29.0 Å². The van der Waals surface area contributed by atoms with Gasteiger partial charge in [-0.2, -0.15) is 0 Å². The monoisotopic (exact) mass is 477 g/mol. The van der Waals surface area contributed by atoms with Gasteiger partial charge in [-0.3, -0.25) is 9.59 Å². The minimum atomic E-state index is -0.163. The van der Waals surface area contributed by atoms with Crippen LogP contribution in [0.2, 0.25) is 0 Å². The molecular weight excluding hydrogens is 446 g/mol. The number of methoxy groups -OCH3 is 1. The maximum Gasteiger partial charge on any atom is 0.255 e. The molecule has 0 aliphatic heterocycles. The lowest BCUT2D eigenvalue weighted by Crippen LogP contribution is -2.43. The number of hydrogen-bond acceptors (Lipinski definition) is 6. The number of carbonyl (C=O) groups excluding carboxylic acids is 2. The third kappa shape index (κ3) is 5.23. The summed E-state index contributed by atoms with van der Waals surface area (Å²) in [5, 5.41) is 6.11. The van der Waals surface area contributed by atoms with Gasteiger partial charge in [-0.05, 0) is 56.6 Å². The molecule has 35 heavy (non-hydrogen) atoms. The molecule has 9 nitrogen and oxygen atoms in total. The van der Waals surface area contributed by atoms with Crippen molar-refractivity contribution in [3.63, 3.8) is 0 Å². The molecule has 0 bridgehead atoms.